The molecule has 0 amide bonds. The average molecular weight is 276 g/mol. The predicted octanol–water partition coefficient (Wildman–Crippen LogP) is 2.24. The van der Waals surface area contributed by atoms with Crippen molar-refractivity contribution in [2.75, 3.05) is 6.61 Å². The lowest BCUT2D eigenvalue weighted by Gasteiger charge is -2.08. The van der Waals surface area contributed by atoms with E-state index in [2.05, 4.69) is 4.98 Å². The molecule has 1 aromatic carbocycles. The summed E-state index contributed by atoms with van der Waals surface area (Å²) in [6, 6.07) is 9.31. The topological polar surface area (TPSA) is 65.2 Å². The van der Waals surface area contributed by atoms with Crippen molar-refractivity contribution in [3.8, 4) is 10.6 Å². The van der Waals surface area contributed by atoms with Gasteiger partial charge in [-0.25, -0.2) is 4.98 Å². The lowest BCUT2D eigenvalue weighted by molar-refractivity contribution is -0.144. The first-order valence-corrected chi connectivity index (χ1v) is 6.94. The number of benzene rings is 1. The number of rotatable bonds is 5. The summed E-state index contributed by atoms with van der Waals surface area (Å²) in [5.74, 6) is -0.364. The Morgan fingerprint density at radius 3 is 2.84 bits per heavy atom. The standard InChI is InChI=1S/C14H16N2O2S/c1-2-18-14(17)12(15)8-11-9-16-13(19-11)10-6-4-3-5-7-10/h3-7,9,12H,2,8,15H2,1H3. The fraction of sp³-hybridized carbons (Fsp3) is 0.286. The largest absolute Gasteiger partial charge is 0.465 e. The highest BCUT2D eigenvalue weighted by Crippen LogP contribution is 2.25. The van der Waals surface area contributed by atoms with Crippen molar-refractivity contribution in [2.24, 2.45) is 5.73 Å². The Labute approximate surface area is 116 Å². The highest BCUT2D eigenvalue weighted by molar-refractivity contribution is 7.15. The summed E-state index contributed by atoms with van der Waals surface area (Å²) in [4.78, 5) is 16.8. The van der Waals surface area contributed by atoms with Crippen LogP contribution >= 0.6 is 11.3 Å². The lowest BCUT2D eigenvalue weighted by atomic mass is 10.2. The second-order valence-corrected chi connectivity index (χ2v) is 5.18. The highest BCUT2D eigenvalue weighted by atomic mass is 32.1. The molecule has 100 valence electrons. The van der Waals surface area contributed by atoms with E-state index in [1.807, 2.05) is 30.3 Å². The third-order valence-corrected chi connectivity index (χ3v) is 3.65. The second-order valence-electron chi connectivity index (χ2n) is 4.06. The summed E-state index contributed by atoms with van der Waals surface area (Å²) in [6.45, 7) is 2.12. The molecule has 2 rings (SSSR count). The quantitative estimate of drug-likeness (QED) is 0.851. The van der Waals surface area contributed by atoms with Crippen LogP contribution in [0.3, 0.4) is 0 Å². The fourth-order valence-corrected chi connectivity index (χ4v) is 2.64. The summed E-state index contributed by atoms with van der Waals surface area (Å²) in [6.07, 6.45) is 2.23. The fourth-order valence-electron chi connectivity index (χ4n) is 1.67. The van der Waals surface area contributed by atoms with Gasteiger partial charge in [0.25, 0.3) is 0 Å². The number of thiazole rings is 1. The van der Waals surface area contributed by atoms with E-state index in [4.69, 9.17) is 10.5 Å². The van der Waals surface area contributed by atoms with Crippen LogP contribution in [0.2, 0.25) is 0 Å². The normalized spacial score (nSPS) is 12.1. The van der Waals surface area contributed by atoms with Gasteiger partial charge >= 0.3 is 5.97 Å². The van der Waals surface area contributed by atoms with Crippen LogP contribution in [0.5, 0.6) is 0 Å². The molecule has 5 heteroatoms. The summed E-state index contributed by atoms with van der Waals surface area (Å²) in [5, 5.41) is 0.937. The van der Waals surface area contributed by atoms with Gasteiger partial charge in [-0.2, -0.15) is 0 Å². The van der Waals surface area contributed by atoms with Crippen molar-refractivity contribution in [1.29, 1.82) is 0 Å². The number of aromatic nitrogens is 1. The van der Waals surface area contributed by atoms with E-state index in [0.717, 1.165) is 15.4 Å². The molecule has 0 bridgehead atoms. The van der Waals surface area contributed by atoms with Crippen molar-refractivity contribution in [3.05, 3.63) is 41.4 Å². The van der Waals surface area contributed by atoms with Crippen LogP contribution in [-0.4, -0.2) is 23.6 Å². The van der Waals surface area contributed by atoms with Gasteiger partial charge in [0.1, 0.15) is 11.0 Å². The maximum atomic E-state index is 11.5. The predicted molar refractivity (Wildman–Crippen MR) is 75.9 cm³/mol. The van der Waals surface area contributed by atoms with Gasteiger partial charge in [-0.1, -0.05) is 30.3 Å². The van der Waals surface area contributed by atoms with E-state index in [-0.39, 0.29) is 5.97 Å². The van der Waals surface area contributed by atoms with Crippen LogP contribution in [0, 0.1) is 0 Å². The van der Waals surface area contributed by atoms with Crippen molar-refractivity contribution < 1.29 is 9.53 Å². The lowest BCUT2D eigenvalue weighted by Crippen LogP contribution is -2.34. The van der Waals surface area contributed by atoms with Crippen LogP contribution in [0.25, 0.3) is 10.6 Å². The number of hydrogen-bond donors (Lipinski definition) is 1. The van der Waals surface area contributed by atoms with Gasteiger partial charge in [-0.15, -0.1) is 11.3 Å². The zero-order valence-electron chi connectivity index (χ0n) is 10.7. The maximum absolute atomic E-state index is 11.5. The molecule has 19 heavy (non-hydrogen) atoms. The van der Waals surface area contributed by atoms with Crippen molar-refractivity contribution in [2.45, 2.75) is 19.4 Å². The van der Waals surface area contributed by atoms with Crippen LogP contribution in [0.4, 0.5) is 0 Å². The van der Waals surface area contributed by atoms with Crippen LogP contribution < -0.4 is 5.73 Å². The Bertz CT molecular complexity index is 539. The summed E-state index contributed by atoms with van der Waals surface area (Å²) < 4.78 is 4.89. The molecule has 0 aliphatic rings. The van der Waals surface area contributed by atoms with Gasteiger partial charge in [0.2, 0.25) is 0 Å². The van der Waals surface area contributed by atoms with Gasteiger partial charge in [-0.3, -0.25) is 4.79 Å². The molecule has 1 atom stereocenters. The van der Waals surface area contributed by atoms with E-state index < -0.39 is 6.04 Å². The van der Waals surface area contributed by atoms with E-state index in [9.17, 15) is 4.79 Å². The first-order chi connectivity index (χ1) is 9.20. The minimum Gasteiger partial charge on any atom is -0.465 e. The van der Waals surface area contributed by atoms with Crippen LogP contribution in [0.1, 0.15) is 11.8 Å². The Hall–Kier alpha value is -1.72. The van der Waals surface area contributed by atoms with Crippen LogP contribution in [-0.2, 0) is 16.0 Å². The third kappa shape index (κ3) is 3.62. The van der Waals surface area contributed by atoms with Crippen molar-refractivity contribution >= 4 is 17.3 Å². The number of esters is 1. The Morgan fingerprint density at radius 2 is 2.16 bits per heavy atom. The highest BCUT2D eigenvalue weighted by Gasteiger charge is 2.16. The van der Waals surface area contributed by atoms with Gasteiger partial charge in [0.05, 0.1) is 6.61 Å². The minimum absolute atomic E-state index is 0.352. The molecule has 1 unspecified atom stereocenters. The van der Waals surface area contributed by atoms with Gasteiger partial charge in [0.15, 0.2) is 0 Å². The zero-order chi connectivity index (χ0) is 13.7. The first-order valence-electron chi connectivity index (χ1n) is 6.13. The molecule has 2 N–H and O–H groups in total. The molecule has 4 nitrogen and oxygen atoms in total. The van der Waals surface area contributed by atoms with Crippen LogP contribution in [0.15, 0.2) is 36.5 Å². The Kier molecular flexibility index (Phi) is 4.65. The molecule has 0 saturated carbocycles. The number of nitrogens with two attached hydrogens (primary N) is 1. The Morgan fingerprint density at radius 1 is 1.42 bits per heavy atom. The zero-order valence-corrected chi connectivity index (χ0v) is 11.5. The number of hydrogen-bond acceptors (Lipinski definition) is 5. The molecule has 0 saturated heterocycles. The minimum atomic E-state index is -0.621. The summed E-state index contributed by atoms with van der Waals surface area (Å²) in [7, 11) is 0. The molecule has 2 aromatic rings. The Balaban J connectivity index is 2.04. The van der Waals surface area contributed by atoms with E-state index in [1.54, 1.807) is 24.5 Å². The number of nitrogens with zero attached hydrogens (tertiary/aromatic N) is 1. The second kappa shape index (κ2) is 6.45. The monoisotopic (exact) mass is 276 g/mol. The van der Waals surface area contributed by atoms with E-state index in [0.29, 0.717) is 13.0 Å². The van der Waals surface area contributed by atoms with Gasteiger partial charge in [-0.05, 0) is 6.92 Å². The molecular weight excluding hydrogens is 260 g/mol. The summed E-state index contributed by atoms with van der Waals surface area (Å²) in [5.41, 5.74) is 6.86. The smallest absolute Gasteiger partial charge is 0.323 e. The number of carbonyl (C=O) groups is 1. The van der Waals surface area contributed by atoms with Crippen molar-refractivity contribution in [3.63, 3.8) is 0 Å². The van der Waals surface area contributed by atoms with E-state index >= 15 is 0 Å². The third-order valence-electron chi connectivity index (χ3n) is 2.58. The number of ether oxygens (including phenoxy) is 1. The molecule has 0 aliphatic carbocycles. The molecule has 0 fully saturated rings. The molecular formula is C14H16N2O2S. The average Bonchev–Trinajstić information content (AvgIpc) is 2.88. The molecule has 0 radical (unpaired) electrons. The maximum Gasteiger partial charge on any atom is 0.323 e. The summed E-state index contributed by atoms with van der Waals surface area (Å²) >= 11 is 1.55. The van der Waals surface area contributed by atoms with Gasteiger partial charge in [0, 0.05) is 23.1 Å². The molecule has 0 spiro atoms. The van der Waals surface area contributed by atoms with Crippen molar-refractivity contribution in [1.82, 2.24) is 4.98 Å². The van der Waals surface area contributed by atoms with Gasteiger partial charge < -0.3 is 10.5 Å². The molecule has 1 heterocycles. The molecule has 1 aromatic heterocycles. The SMILES string of the molecule is CCOC(=O)C(N)Cc1cnc(-c2ccccc2)s1. The molecule has 0 aliphatic heterocycles. The number of carbonyl (C=O) groups excluding carboxylic acids is 1. The first kappa shape index (κ1) is 13.7. The van der Waals surface area contributed by atoms with E-state index in [1.165, 1.54) is 0 Å².